The van der Waals surface area contributed by atoms with Gasteiger partial charge in [0.1, 0.15) is 0 Å². The lowest BCUT2D eigenvalue weighted by Gasteiger charge is -2.14. The van der Waals surface area contributed by atoms with Crippen molar-refractivity contribution in [3.8, 4) is 11.5 Å². The summed E-state index contributed by atoms with van der Waals surface area (Å²) in [5, 5.41) is 0.423. The summed E-state index contributed by atoms with van der Waals surface area (Å²) in [6, 6.07) is 11.1. The Morgan fingerprint density at radius 2 is 1.93 bits per heavy atom. The van der Waals surface area contributed by atoms with Gasteiger partial charge >= 0.3 is 5.97 Å². The lowest BCUT2D eigenvalue weighted by atomic mass is 10.1. The largest absolute Gasteiger partial charge is 0.490 e. The van der Waals surface area contributed by atoms with Crippen molar-refractivity contribution >= 4 is 52.1 Å². The molecule has 5 nitrogen and oxygen atoms in total. The van der Waals surface area contributed by atoms with Crippen molar-refractivity contribution in [2.45, 2.75) is 26.7 Å². The summed E-state index contributed by atoms with van der Waals surface area (Å²) in [7, 11) is 0. The molecule has 0 fully saturated rings. The molecule has 3 rings (SSSR count). The summed E-state index contributed by atoms with van der Waals surface area (Å²) in [6.07, 6.45) is 3.58. The topological polar surface area (TPSA) is 57.1 Å². The second-order valence-corrected chi connectivity index (χ2v) is 7.96. The van der Waals surface area contributed by atoms with Crippen molar-refractivity contribution in [2.24, 2.45) is 4.99 Å². The van der Waals surface area contributed by atoms with Crippen molar-refractivity contribution in [1.82, 2.24) is 0 Å². The van der Waals surface area contributed by atoms with Crippen LogP contribution in [0.4, 0.5) is 0 Å². The van der Waals surface area contributed by atoms with Crippen LogP contribution >= 0.6 is 34.2 Å². The van der Waals surface area contributed by atoms with Gasteiger partial charge in [-0.05, 0) is 84.0 Å². The van der Waals surface area contributed by atoms with Crippen molar-refractivity contribution in [2.75, 3.05) is 13.2 Å². The summed E-state index contributed by atoms with van der Waals surface area (Å²) in [4.78, 5) is 16.6. The van der Waals surface area contributed by atoms with Gasteiger partial charge in [0.05, 0.1) is 18.2 Å². The van der Waals surface area contributed by atoms with Gasteiger partial charge in [0, 0.05) is 9.13 Å². The predicted molar refractivity (Wildman–Crippen MR) is 123 cm³/mol. The van der Waals surface area contributed by atoms with Crippen molar-refractivity contribution in [1.29, 1.82) is 0 Å². The van der Waals surface area contributed by atoms with E-state index in [2.05, 4.69) is 34.5 Å². The number of hydrogen-bond donors (Lipinski definition) is 0. The number of halogens is 2. The quantitative estimate of drug-likeness (QED) is 0.187. The van der Waals surface area contributed by atoms with E-state index in [1.807, 2.05) is 31.2 Å². The summed E-state index contributed by atoms with van der Waals surface area (Å²) < 4.78 is 17.9. The maximum atomic E-state index is 12.3. The predicted octanol–water partition coefficient (Wildman–Crippen LogP) is 5.87. The van der Waals surface area contributed by atoms with Gasteiger partial charge in [-0.3, -0.25) is 0 Å². The van der Waals surface area contributed by atoms with Crippen LogP contribution in [0.2, 0.25) is 5.02 Å². The molecule has 0 N–H and O–H groups in total. The van der Waals surface area contributed by atoms with E-state index in [0.29, 0.717) is 35.3 Å². The van der Waals surface area contributed by atoms with E-state index in [4.69, 9.17) is 25.8 Å². The molecule has 152 valence electrons. The van der Waals surface area contributed by atoms with E-state index in [-0.39, 0.29) is 11.6 Å². The molecule has 1 heterocycles. The number of esters is 1. The highest BCUT2D eigenvalue weighted by Gasteiger charge is 2.24. The fourth-order valence-electron chi connectivity index (χ4n) is 2.68. The van der Waals surface area contributed by atoms with Gasteiger partial charge in [0.25, 0.3) is 0 Å². The highest BCUT2D eigenvalue weighted by molar-refractivity contribution is 14.1. The second-order valence-electron chi connectivity index (χ2n) is 6.31. The van der Waals surface area contributed by atoms with Gasteiger partial charge in [-0.25, -0.2) is 9.79 Å². The Labute approximate surface area is 188 Å². The minimum atomic E-state index is -0.504. The third kappa shape index (κ3) is 5.51. The van der Waals surface area contributed by atoms with E-state index in [0.717, 1.165) is 22.0 Å². The number of carbonyl (C=O) groups is 1. The third-order valence-corrected chi connectivity index (χ3v) is 5.09. The SMILES string of the molecule is CCCCOc1c(Cl)cc(/C=C2\N=C(c3ccc(I)cc3)OC2=O)cc1OCC. The number of hydrogen-bond acceptors (Lipinski definition) is 5. The van der Waals surface area contributed by atoms with Crippen LogP contribution in [-0.4, -0.2) is 25.1 Å². The zero-order valence-corrected chi connectivity index (χ0v) is 19.1. The molecular formula is C22H21ClINO4. The molecule has 0 bridgehead atoms. The highest BCUT2D eigenvalue weighted by Crippen LogP contribution is 2.37. The van der Waals surface area contributed by atoms with Crippen LogP contribution in [0.25, 0.3) is 6.08 Å². The van der Waals surface area contributed by atoms with Crippen LogP contribution in [0, 0.1) is 3.57 Å². The van der Waals surface area contributed by atoms with Crippen molar-refractivity contribution < 1.29 is 19.0 Å². The van der Waals surface area contributed by atoms with Gasteiger partial charge in [-0.2, -0.15) is 0 Å². The number of cyclic esters (lactones) is 1. The molecule has 1 aliphatic heterocycles. The van der Waals surface area contributed by atoms with E-state index in [1.165, 1.54) is 0 Å². The van der Waals surface area contributed by atoms with Crippen LogP contribution in [0.1, 0.15) is 37.8 Å². The average Bonchev–Trinajstić information content (AvgIpc) is 3.05. The van der Waals surface area contributed by atoms with Gasteiger partial charge in [0.15, 0.2) is 17.2 Å². The van der Waals surface area contributed by atoms with Crippen LogP contribution in [0.15, 0.2) is 47.1 Å². The molecule has 0 atom stereocenters. The fourth-order valence-corrected chi connectivity index (χ4v) is 3.31. The summed E-state index contributed by atoms with van der Waals surface area (Å²) in [6.45, 7) is 5.01. The van der Waals surface area contributed by atoms with Gasteiger partial charge < -0.3 is 14.2 Å². The Morgan fingerprint density at radius 3 is 2.62 bits per heavy atom. The molecular weight excluding hydrogens is 505 g/mol. The number of unbranched alkanes of at least 4 members (excludes halogenated alkanes) is 1. The number of aliphatic imine (C=N–C) groups is 1. The first kappa shape index (κ1) is 21.6. The van der Waals surface area contributed by atoms with Gasteiger partial charge in [-0.15, -0.1) is 0 Å². The zero-order valence-electron chi connectivity index (χ0n) is 16.2. The number of rotatable bonds is 8. The van der Waals surface area contributed by atoms with Crippen molar-refractivity contribution in [3.05, 3.63) is 61.8 Å². The normalized spacial score (nSPS) is 14.7. The number of ether oxygens (including phenoxy) is 3. The zero-order chi connectivity index (χ0) is 20.8. The monoisotopic (exact) mass is 525 g/mol. The third-order valence-electron chi connectivity index (χ3n) is 4.09. The molecule has 0 spiro atoms. The Kier molecular flexibility index (Phi) is 7.55. The van der Waals surface area contributed by atoms with Gasteiger partial charge in [-0.1, -0.05) is 24.9 Å². The molecule has 0 radical (unpaired) electrons. The minimum Gasteiger partial charge on any atom is -0.490 e. The standard InChI is InChI=1S/C22H21ClINO4/c1-3-5-10-28-20-17(23)11-14(13-19(20)27-4-2)12-18-22(26)29-21(25-18)15-6-8-16(24)9-7-15/h6-9,11-13H,3-5,10H2,1-2H3/b18-12-. The first-order valence-corrected chi connectivity index (χ1v) is 10.8. The molecule has 29 heavy (non-hydrogen) atoms. The first-order chi connectivity index (χ1) is 14.0. The highest BCUT2D eigenvalue weighted by atomic mass is 127. The van der Waals surface area contributed by atoms with Crippen LogP contribution < -0.4 is 9.47 Å². The second kappa shape index (κ2) is 10.1. The summed E-state index contributed by atoms with van der Waals surface area (Å²) in [5.41, 5.74) is 1.63. The Hall–Kier alpha value is -2.06. The molecule has 1 aliphatic rings. The molecule has 7 heteroatoms. The van der Waals surface area contributed by atoms with Gasteiger partial charge in [0.2, 0.25) is 5.90 Å². The fraction of sp³-hybridized carbons (Fsp3) is 0.273. The molecule has 0 unspecified atom stereocenters. The van der Waals surface area contributed by atoms with Crippen LogP contribution in [-0.2, 0) is 9.53 Å². The molecule has 2 aromatic rings. The summed E-state index contributed by atoms with van der Waals surface area (Å²) in [5.74, 6) is 0.835. The molecule has 0 aromatic heterocycles. The smallest absolute Gasteiger partial charge is 0.363 e. The van der Waals surface area contributed by atoms with Crippen molar-refractivity contribution in [3.63, 3.8) is 0 Å². The minimum absolute atomic E-state index is 0.205. The number of carbonyl (C=O) groups excluding carboxylic acids is 1. The van der Waals surface area contributed by atoms with E-state index in [1.54, 1.807) is 18.2 Å². The maximum absolute atomic E-state index is 12.3. The van der Waals surface area contributed by atoms with E-state index in [9.17, 15) is 4.79 Å². The Bertz CT molecular complexity index is 954. The van der Waals surface area contributed by atoms with Crippen LogP contribution in [0.3, 0.4) is 0 Å². The molecule has 0 amide bonds. The molecule has 0 aliphatic carbocycles. The maximum Gasteiger partial charge on any atom is 0.363 e. The van der Waals surface area contributed by atoms with Crippen LogP contribution in [0.5, 0.6) is 11.5 Å². The molecule has 2 aromatic carbocycles. The van der Waals surface area contributed by atoms with E-state index >= 15 is 0 Å². The lowest BCUT2D eigenvalue weighted by Crippen LogP contribution is -2.05. The molecule has 0 saturated carbocycles. The Balaban J connectivity index is 1.90. The Morgan fingerprint density at radius 1 is 1.17 bits per heavy atom. The first-order valence-electron chi connectivity index (χ1n) is 9.39. The van der Waals surface area contributed by atoms with E-state index < -0.39 is 5.97 Å². The summed E-state index contributed by atoms with van der Waals surface area (Å²) >= 11 is 8.64. The average molecular weight is 526 g/mol. The lowest BCUT2D eigenvalue weighted by molar-refractivity contribution is -0.129. The molecule has 0 saturated heterocycles. The number of nitrogens with zero attached hydrogens (tertiary/aromatic N) is 1. The number of benzene rings is 2.